The molecule has 3 rings (SSSR count). The van der Waals surface area contributed by atoms with E-state index in [-0.39, 0.29) is 6.42 Å². The van der Waals surface area contributed by atoms with Crippen LogP contribution in [0.15, 0.2) is 48.5 Å². The first-order valence-electron chi connectivity index (χ1n) is 9.41. The summed E-state index contributed by atoms with van der Waals surface area (Å²) >= 11 is 0. The topological polar surface area (TPSA) is 92.8 Å². The monoisotopic (exact) mass is 394 g/mol. The van der Waals surface area contributed by atoms with Crippen LogP contribution in [0.5, 0.6) is 0 Å². The molecule has 0 radical (unpaired) electrons. The van der Waals surface area contributed by atoms with E-state index in [0.717, 1.165) is 16.9 Å². The van der Waals surface area contributed by atoms with E-state index in [2.05, 4.69) is 5.32 Å². The third-order valence-electron chi connectivity index (χ3n) is 4.73. The van der Waals surface area contributed by atoms with Crippen molar-refractivity contribution in [3.05, 3.63) is 65.2 Å². The van der Waals surface area contributed by atoms with Crippen LogP contribution in [-0.4, -0.2) is 41.2 Å². The molecule has 3 amide bonds. The van der Waals surface area contributed by atoms with Crippen LogP contribution in [0.3, 0.4) is 0 Å². The van der Waals surface area contributed by atoms with E-state index in [0.29, 0.717) is 16.8 Å². The molecular weight excluding hydrogens is 372 g/mol. The highest BCUT2D eigenvalue weighted by molar-refractivity contribution is 6.11. The largest absolute Gasteiger partial charge is 0.451 e. The molecule has 1 aliphatic rings. The fourth-order valence-corrected chi connectivity index (χ4v) is 3.04. The van der Waals surface area contributed by atoms with Gasteiger partial charge in [0.1, 0.15) is 6.54 Å². The molecule has 0 aromatic heterocycles. The number of amides is 3. The molecule has 0 unspecified atom stereocenters. The van der Waals surface area contributed by atoms with Crippen LogP contribution in [-0.2, 0) is 32.0 Å². The molecule has 1 N–H and O–H groups in total. The molecule has 150 valence electrons. The van der Waals surface area contributed by atoms with Crippen LogP contribution in [0, 0.1) is 0 Å². The second-order valence-corrected chi connectivity index (χ2v) is 6.79. The van der Waals surface area contributed by atoms with Crippen molar-refractivity contribution in [2.75, 3.05) is 11.9 Å². The Balaban J connectivity index is 1.57. The fourth-order valence-electron chi connectivity index (χ4n) is 3.04. The summed E-state index contributed by atoms with van der Waals surface area (Å²) in [7, 11) is 0. The van der Waals surface area contributed by atoms with E-state index >= 15 is 0 Å². The number of nitrogens with zero attached hydrogens (tertiary/aromatic N) is 1. The zero-order valence-electron chi connectivity index (χ0n) is 16.3. The lowest BCUT2D eigenvalue weighted by Gasteiger charge is -2.26. The molecule has 1 heterocycles. The summed E-state index contributed by atoms with van der Waals surface area (Å²) in [6.45, 7) is 2.93. The molecule has 2 aromatic carbocycles. The number of imide groups is 1. The van der Waals surface area contributed by atoms with Crippen LogP contribution in [0.4, 0.5) is 5.69 Å². The van der Waals surface area contributed by atoms with Gasteiger partial charge in [-0.05, 0) is 42.7 Å². The smallest absolute Gasteiger partial charge is 0.326 e. The van der Waals surface area contributed by atoms with Crippen molar-refractivity contribution in [1.82, 2.24) is 4.90 Å². The lowest BCUT2D eigenvalue weighted by Crippen LogP contribution is -2.46. The Hall–Kier alpha value is -3.48. The maximum absolute atomic E-state index is 12.5. The summed E-state index contributed by atoms with van der Waals surface area (Å²) < 4.78 is 5.12. The molecule has 29 heavy (non-hydrogen) atoms. The first-order chi connectivity index (χ1) is 13.9. The molecule has 2 aromatic rings. The number of hydrogen-bond donors (Lipinski definition) is 1. The molecule has 0 fully saturated rings. The van der Waals surface area contributed by atoms with E-state index in [1.54, 1.807) is 36.4 Å². The third kappa shape index (κ3) is 4.68. The average molecular weight is 394 g/mol. The number of anilines is 1. The van der Waals surface area contributed by atoms with Crippen molar-refractivity contribution < 1.29 is 23.9 Å². The maximum Gasteiger partial charge on any atom is 0.326 e. The van der Waals surface area contributed by atoms with Gasteiger partial charge in [-0.15, -0.1) is 0 Å². The second kappa shape index (κ2) is 8.68. The molecule has 1 aliphatic heterocycles. The fraction of sp³-hybridized carbons (Fsp3) is 0.273. The summed E-state index contributed by atoms with van der Waals surface area (Å²) in [6, 6.07) is 14.1. The van der Waals surface area contributed by atoms with Gasteiger partial charge < -0.3 is 10.1 Å². The van der Waals surface area contributed by atoms with E-state index in [1.807, 2.05) is 19.1 Å². The number of esters is 1. The van der Waals surface area contributed by atoms with Crippen molar-refractivity contribution in [1.29, 1.82) is 0 Å². The minimum Gasteiger partial charge on any atom is -0.451 e. The van der Waals surface area contributed by atoms with Crippen molar-refractivity contribution in [3.63, 3.8) is 0 Å². The first-order valence-corrected chi connectivity index (χ1v) is 9.41. The van der Waals surface area contributed by atoms with Crippen LogP contribution in [0.2, 0.25) is 0 Å². The Kier molecular flexibility index (Phi) is 6.07. The standard InChI is InChI=1S/C22H22N2O5/c1-3-15-8-10-17(11-9-15)23-21(27)14(2)29-20(26)13-24-19(25)12-16-6-4-5-7-18(16)22(24)28/h4-11,14H,3,12-13H2,1-2H3,(H,23,27)/t14-/m0/s1. The summed E-state index contributed by atoms with van der Waals surface area (Å²) in [4.78, 5) is 50.1. The van der Waals surface area contributed by atoms with E-state index in [4.69, 9.17) is 4.74 Å². The van der Waals surface area contributed by atoms with Crippen LogP contribution < -0.4 is 5.32 Å². The Morgan fingerprint density at radius 1 is 1.10 bits per heavy atom. The van der Waals surface area contributed by atoms with Gasteiger partial charge >= 0.3 is 5.97 Å². The zero-order valence-corrected chi connectivity index (χ0v) is 16.3. The number of carbonyl (C=O) groups excluding carboxylic acids is 4. The summed E-state index contributed by atoms with van der Waals surface area (Å²) in [5.74, 6) is -2.33. The van der Waals surface area contributed by atoms with Crippen molar-refractivity contribution in [2.45, 2.75) is 32.8 Å². The summed E-state index contributed by atoms with van der Waals surface area (Å²) in [5.41, 5.74) is 2.75. The van der Waals surface area contributed by atoms with Crippen molar-refractivity contribution in [2.24, 2.45) is 0 Å². The Labute approximate surface area is 168 Å². The zero-order chi connectivity index (χ0) is 21.0. The van der Waals surface area contributed by atoms with Gasteiger partial charge in [-0.3, -0.25) is 24.1 Å². The van der Waals surface area contributed by atoms with Gasteiger partial charge in [0.2, 0.25) is 5.91 Å². The number of hydrogen-bond acceptors (Lipinski definition) is 5. The molecule has 7 nitrogen and oxygen atoms in total. The van der Waals surface area contributed by atoms with Crippen LogP contribution in [0.25, 0.3) is 0 Å². The highest BCUT2D eigenvalue weighted by Crippen LogP contribution is 2.19. The van der Waals surface area contributed by atoms with Gasteiger partial charge in [0.25, 0.3) is 11.8 Å². The number of ether oxygens (including phenoxy) is 1. The summed E-state index contributed by atoms with van der Waals surface area (Å²) in [5, 5.41) is 2.67. The van der Waals surface area contributed by atoms with E-state index in [9.17, 15) is 19.2 Å². The van der Waals surface area contributed by atoms with Gasteiger partial charge in [0.05, 0.1) is 6.42 Å². The van der Waals surface area contributed by atoms with Gasteiger partial charge in [0, 0.05) is 11.3 Å². The van der Waals surface area contributed by atoms with Crippen molar-refractivity contribution >= 4 is 29.4 Å². The Morgan fingerprint density at radius 2 is 1.79 bits per heavy atom. The van der Waals surface area contributed by atoms with Crippen LogP contribution in [0.1, 0.15) is 35.3 Å². The lowest BCUT2D eigenvalue weighted by molar-refractivity contribution is -0.155. The molecule has 0 saturated heterocycles. The third-order valence-corrected chi connectivity index (χ3v) is 4.73. The molecule has 0 aliphatic carbocycles. The molecule has 7 heteroatoms. The van der Waals surface area contributed by atoms with Gasteiger partial charge in [-0.2, -0.15) is 0 Å². The molecule has 0 saturated carbocycles. The number of carbonyl (C=O) groups is 4. The van der Waals surface area contributed by atoms with Gasteiger partial charge in [-0.25, -0.2) is 0 Å². The van der Waals surface area contributed by atoms with Gasteiger partial charge in [-0.1, -0.05) is 37.3 Å². The number of rotatable bonds is 6. The first kappa shape index (κ1) is 20.3. The predicted octanol–water partition coefficient (Wildman–Crippen LogP) is 2.34. The maximum atomic E-state index is 12.5. The van der Waals surface area contributed by atoms with Gasteiger partial charge in [0.15, 0.2) is 6.10 Å². The number of fused-ring (bicyclic) bond motifs is 1. The normalized spacial score (nSPS) is 14.2. The lowest BCUT2D eigenvalue weighted by atomic mass is 9.98. The molecular formula is C22H22N2O5. The number of nitrogens with one attached hydrogen (secondary N) is 1. The van der Waals surface area contributed by atoms with E-state index < -0.39 is 36.3 Å². The SMILES string of the molecule is CCc1ccc(NC(=O)[C@H](C)OC(=O)CN2C(=O)Cc3ccccc3C2=O)cc1. The highest BCUT2D eigenvalue weighted by atomic mass is 16.5. The Morgan fingerprint density at radius 3 is 2.48 bits per heavy atom. The minimum absolute atomic E-state index is 0.0407. The highest BCUT2D eigenvalue weighted by Gasteiger charge is 2.33. The number of aryl methyl sites for hydroxylation is 1. The van der Waals surface area contributed by atoms with E-state index in [1.165, 1.54) is 6.92 Å². The molecule has 0 bridgehead atoms. The second-order valence-electron chi connectivity index (χ2n) is 6.79. The average Bonchev–Trinajstić information content (AvgIpc) is 2.71. The summed E-state index contributed by atoms with van der Waals surface area (Å²) in [6.07, 6.45) is -0.143. The van der Waals surface area contributed by atoms with Crippen molar-refractivity contribution in [3.8, 4) is 0 Å². The predicted molar refractivity (Wildman–Crippen MR) is 106 cm³/mol. The molecule has 0 spiro atoms. The minimum atomic E-state index is -1.07. The Bertz CT molecular complexity index is 952. The molecule has 1 atom stereocenters. The van der Waals surface area contributed by atoms with Crippen LogP contribution >= 0.6 is 0 Å². The number of benzene rings is 2. The quantitative estimate of drug-likeness (QED) is 0.600.